The molecule has 1 heterocycles. The van der Waals surface area contributed by atoms with Crippen molar-refractivity contribution in [3.05, 3.63) is 51.5 Å². The molecule has 1 saturated carbocycles. The first kappa shape index (κ1) is 16.1. The summed E-state index contributed by atoms with van der Waals surface area (Å²) in [4.78, 5) is 17.6. The van der Waals surface area contributed by atoms with Crippen LogP contribution in [0.5, 0.6) is 0 Å². The number of carbonyl (C=O) groups excluding carboxylic acids is 1. The van der Waals surface area contributed by atoms with Gasteiger partial charge < -0.3 is 10.4 Å². The Morgan fingerprint density at radius 3 is 2.83 bits per heavy atom. The second kappa shape index (κ2) is 7.23. The van der Waals surface area contributed by atoms with Crippen molar-refractivity contribution in [3.8, 4) is 0 Å². The molecule has 0 spiro atoms. The summed E-state index contributed by atoms with van der Waals surface area (Å²) in [7, 11) is 0. The normalized spacial score (nSPS) is 20.6. The van der Waals surface area contributed by atoms with Crippen molar-refractivity contribution >= 4 is 17.2 Å². The summed E-state index contributed by atoms with van der Waals surface area (Å²) in [5.74, 6) is 0.120. The highest BCUT2D eigenvalue weighted by Crippen LogP contribution is 2.25. The van der Waals surface area contributed by atoms with Gasteiger partial charge in [0.25, 0.3) is 5.91 Å². The highest BCUT2D eigenvalue weighted by Gasteiger charge is 2.26. The summed E-state index contributed by atoms with van der Waals surface area (Å²) in [5.41, 5.74) is 1.98. The number of carbonyl (C=O) groups is 1. The number of rotatable bonds is 5. The zero-order chi connectivity index (χ0) is 16.2. The number of aromatic nitrogens is 1. The highest BCUT2D eigenvalue weighted by atomic mass is 32.1. The SMILES string of the molecule is Cc1nc(Cc2ccccc2)sc1C(=O)NCC1CCCC1O. The van der Waals surface area contributed by atoms with Crippen molar-refractivity contribution in [1.29, 1.82) is 0 Å². The molecule has 1 fully saturated rings. The molecule has 1 aliphatic rings. The lowest BCUT2D eigenvalue weighted by Crippen LogP contribution is -2.32. The number of amides is 1. The Labute approximate surface area is 140 Å². The average molecular weight is 330 g/mol. The van der Waals surface area contributed by atoms with Crippen LogP contribution in [-0.4, -0.2) is 28.6 Å². The van der Waals surface area contributed by atoms with Crippen LogP contribution in [-0.2, 0) is 6.42 Å². The first-order valence-corrected chi connectivity index (χ1v) is 8.91. The number of thiazole rings is 1. The highest BCUT2D eigenvalue weighted by molar-refractivity contribution is 7.13. The number of nitrogens with one attached hydrogen (secondary N) is 1. The molecular formula is C18H22N2O2S. The van der Waals surface area contributed by atoms with E-state index >= 15 is 0 Å². The molecule has 2 atom stereocenters. The molecule has 2 aromatic rings. The van der Waals surface area contributed by atoms with E-state index in [0.29, 0.717) is 11.4 Å². The molecule has 0 radical (unpaired) electrons. The van der Waals surface area contributed by atoms with E-state index in [2.05, 4.69) is 22.4 Å². The van der Waals surface area contributed by atoms with E-state index in [-0.39, 0.29) is 17.9 Å². The number of hydrogen-bond donors (Lipinski definition) is 2. The Morgan fingerprint density at radius 2 is 2.13 bits per heavy atom. The van der Waals surface area contributed by atoms with Crippen molar-refractivity contribution < 1.29 is 9.90 Å². The van der Waals surface area contributed by atoms with Crippen LogP contribution >= 0.6 is 11.3 Å². The zero-order valence-electron chi connectivity index (χ0n) is 13.3. The summed E-state index contributed by atoms with van der Waals surface area (Å²) >= 11 is 1.46. The summed E-state index contributed by atoms with van der Waals surface area (Å²) in [6.07, 6.45) is 3.36. The van der Waals surface area contributed by atoms with Gasteiger partial charge in [-0.25, -0.2) is 4.98 Å². The molecule has 2 N–H and O–H groups in total. The van der Waals surface area contributed by atoms with Crippen molar-refractivity contribution in [3.63, 3.8) is 0 Å². The van der Waals surface area contributed by atoms with Gasteiger partial charge in [-0.15, -0.1) is 11.3 Å². The van der Waals surface area contributed by atoms with E-state index in [4.69, 9.17) is 0 Å². The van der Waals surface area contributed by atoms with Crippen molar-refractivity contribution in [2.24, 2.45) is 5.92 Å². The molecule has 122 valence electrons. The van der Waals surface area contributed by atoms with Gasteiger partial charge in [0.1, 0.15) is 4.88 Å². The maximum Gasteiger partial charge on any atom is 0.263 e. The third-order valence-corrected chi connectivity index (χ3v) is 5.55. The van der Waals surface area contributed by atoms with E-state index in [1.807, 2.05) is 25.1 Å². The second-order valence-electron chi connectivity index (χ2n) is 6.15. The predicted octanol–water partition coefficient (Wildman–Crippen LogP) is 2.93. The van der Waals surface area contributed by atoms with Crippen LogP contribution in [0.4, 0.5) is 0 Å². The average Bonchev–Trinajstić information content (AvgIpc) is 3.12. The first-order chi connectivity index (χ1) is 11.1. The van der Waals surface area contributed by atoms with Gasteiger partial charge in [0, 0.05) is 18.9 Å². The number of aryl methyl sites for hydroxylation is 1. The summed E-state index contributed by atoms with van der Waals surface area (Å²) in [5, 5.41) is 13.8. The molecule has 0 bridgehead atoms. The van der Waals surface area contributed by atoms with Crippen LogP contribution in [0.2, 0.25) is 0 Å². The minimum atomic E-state index is -0.272. The fraction of sp³-hybridized carbons (Fsp3) is 0.444. The van der Waals surface area contributed by atoms with Crippen LogP contribution in [0.3, 0.4) is 0 Å². The monoisotopic (exact) mass is 330 g/mol. The van der Waals surface area contributed by atoms with E-state index in [9.17, 15) is 9.90 Å². The second-order valence-corrected chi connectivity index (χ2v) is 7.24. The fourth-order valence-corrected chi connectivity index (χ4v) is 4.08. The minimum absolute atomic E-state index is 0.0709. The largest absolute Gasteiger partial charge is 0.393 e. The topological polar surface area (TPSA) is 62.2 Å². The van der Waals surface area contributed by atoms with Gasteiger partial charge >= 0.3 is 0 Å². The smallest absolute Gasteiger partial charge is 0.263 e. The lowest BCUT2D eigenvalue weighted by atomic mass is 10.1. The molecule has 0 saturated heterocycles. The van der Waals surface area contributed by atoms with E-state index in [0.717, 1.165) is 36.4 Å². The summed E-state index contributed by atoms with van der Waals surface area (Å²) < 4.78 is 0. The van der Waals surface area contributed by atoms with Crippen molar-refractivity contribution in [2.75, 3.05) is 6.54 Å². The lowest BCUT2D eigenvalue weighted by molar-refractivity contribution is 0.0920. The van der Waals surface area contributed by atoms with Gasteiger partial charge in [-0.05, 0) is 25.3 Å². The number of aliphatic hydroxyl groups excluding tert-OH is 1. The fourth-order valence-electron chi connectivity index (χ4n) is 3.07. The van der Waals surface area contributed by atoms with Gasteiger partial charge in [-0.1, -0.05) is 36.8 Å². The molecule has 1 amide bonds. The van der Waals surface area contributed by atoms with Crippen LogP contribution in [0.15, 0.2) is 30.3 Å². The van der Waals surface area contributed by atoms with Crippen LogP contribution in [0.1, 0.15) is 45.2 Å². The Bertz CT molecular complexity index is 669. The summed E-state index contributed by atoms with van der Waals surface area (Å²) in [6.45, 7) is 2.43. The van der Waals surface area contributed by atoms with E-state index in [1.54, 1.807) is 0 Å². The Kier molecular flexibility index (Phi) is 5.08. The van der Waals surface area contributed by atoms with Gasteiger partial charge in [0.05, 0.1) is 16.8 Å². The molecular weight excluding hydrogens is 308 g/mol. The maximum absolute atomic E-state index is 12.4. The minimum Gasteiger partial charge on any atom is -0.393 e. The molecule has 1 aromatic carbocycles. The molecule has 4 nitrogen and oxygen atoms in total. The van der Waals surface area contributed by atoms with Gasteiger partial charge in [0.2, 0.25) is 0 Å². The third kappa shape index (κ3) is 3.98. The van der Waals surface area contributed by atoms with Crippen LogP contribution in [0, 0.1) is 12.8 Å². The standard InChI is InChI=1S/C18H22N2O2S/c1-12-17(18(22)19-11-14-8-5-9-15(14)21)23-16(20-12)10-13-6-3-2-4-7-13/h2-4,6-7,14-15,21H,5,8-11H2,1H3,(H,19,22). The van der Waals surface area contributed by atoms with Crippen LogP contribution in [0.25, 0.3) is 0 Å². The Balaban J connectivity index is 1.62. The van der Waals surface area contributed by atoms with Gasteiger partial charge in [0.15, 0.2) is 0 Å². The summed E-state index contributed by atoms with van der Waals surface area (Å²) in [6, 6.07) is 10.1. The first-order valence-electron chi connectivity index (χ1n) is 8.10. The molecule has 5 heteroatoms. The number of benzene rings is 1. The molecule has 1 aromatic heterocycles. The number of aliphatic hydroxyl groups is 1. The van der Waals surface area contributed by atoms with Gasteiger partial charge in [-0.3, -0.25) is 4.79 Å². The molecule has 2 unspecified atom stereocenters. The predicted molar refractivity (Wildman–Crippen MR) is 91.8 cm³/mol. The Hall–Kier alpha value is -1.72. The molecule has 3 rings (SSSR count). The molecule has 23 heavy (non-hydrogen) atoms. The van der Waals surface area contributed by atoms with E-state index < -0.39 is 0 Å². The quantitative estimate of drug-likeness (QED) is 0.886. The van der Waals surface area contributed by atoms with E-state index in [1.165, 1.54) is 16.9 Å². The lowest BCUT2D eigenvalue weighted by Gasteiger charge is -2.14. The number of hydrogen-bond acceptors (Lipinski definition) is 4. The Morgan fingerprint density at radius 1 is 1.35 bits per heavy atom. The zero-order valence-corrected chi connectivity index (χ0v) is 14.1. The third-order valence-electron chi connectivity index (χ3n) is 4.39. The maximum atomic E-state index is 12.4. The number of nitrogens with zero attached hydrogens (tertiary/aromatic N) is 1. The van der Waals surface area contributed by atoms with Gasteiger partial charge in [-0.2, -0.15) is 0 Å². The molecule has 1 aliphatic carbocycles. The molecule has 0 aliphatic heterocycles. The van der Waals surface area contributed by atoms with Crippen molar-refractivity contribution in [1.82, 2.24) is 10.3 Å². The van der Waals surface area contributed by atoms with Crippen molar-refractivity contribution in [2.45, 2.75) is 38.7 Å². The van der Waals surface area contributed by atoms with Crippen LogP contribution < -0.4 is 5.32 Å².